The Labute approximate surface area is 135 Å². The van der Waals surface area contributed by atoms with Crippen molar-refractivity contribution in [3.63, 3.8) is 0 Å². The van der Waals surface area contributed by atoms with Gasteiger partial charge >= 0.3 is 0 Å². The number of hydrogen-bond acceptors (Lipinski definition) is 4. The molecular formula is C14H15BrN2OS2. The van der Waals surface area contributed by atoms with Gasteiger partial charge in [-0.15, -0.1) is 23.1 Å². The summed E-state index contributed by atoms with van der Waals surface area (Å²) in [6, 6.07) is 10.3. The van der Waals surface area contributed by atoms with Gasteiger partial charge < -0.3 is 11.1 Å². The molecule has 2 rings (SSSR count). The number of thiophene rings is 1. The Bertz CT molecular complexity index is 600. The number of nitrogens with one attached hydrogen (secondary N) is 1. The maximum atomic E-state index is 10.9. The number of hydrogen-bond donors (Lipinski definition) is 2. The van der Waals surface area contributed by atoms with Crippen molar-refractivity contribution in [3.05, 3.63) is 45.1 Å². The number of primary amides is 1. The zero-order valence-electron chi connectivity index (χ0n) is 10.9. The summed E-state index contributed by atoms with van der Waals surface area (Å²) in [4.78, 5) is 13.2. The van der Waals surface area contributed by atoms with Crippen LogP contribution in [-0.4, -0.2) is 11.7 Å². The van der Waals surface area contributed by atoms with Gasteiger partial charge in [-0.1, -0.05) is 12.1 Å². The van der Waals surface area contributed by atoms with E-state index in [0.717, 1.165) is 15.1 Å². The minimum Gasteiger partial charge on any atom is -0.377 e. The van der Waals surface area contributed by atoms with Crippen LogP contribution in [-0.2, 0) is 4.79 Å². The summed E-state index contributed by atoms with van der Waals surface area (Å²) in [5, 5.41) is 5.55. The van der Waals surface area contributed by atoms with Crippen LogP contribution in [0.3, 0.4) is 0 Å². The molecule has 1 aromatic carbocycles. The molecule has 20 heavy (non-hydrogen) atoms. The maximum absolute atomic E-state index is 10.9. The first-order chi connectivity index (χ1) is 9.56. The monoisotopic (exact) mass is 370 g/mol. The Morgan fingerprint density at radius 1 is 1.50 bits per heavy atom. The second kappa shape index (κ2) is 7.15. The SMILES string of the molecule is CC(Nc1ccccc1SCC(N)=O)c1cc(Br)cs1. The zero-order valence-corrected chi connectivity index (χ0v) is 14.1. The van der Waals surface area contributed by atoms with Crippen LogP contribution in [0.25, 0.3) is 0 Å². The summed E-state index contributed by atoms with van der Waals surface area (Å²) < 4.78 is 1.10. The molecule has 1 amide bonds. The molecule has 1 atom stereocenters. The minimum atomic E-state index is -0.306. The molecule has 3 nitrogen and oxygen atoms in total. The van der Waals surface area contributed by atoms with Crippen LogP contribution in [0, 0.1) is 0 Å². The predicted molar refractivity (Wildman–Crippen MR) is 90.4 cm³/mol. The molecule has 106 valence electrons. The third kappa shape index (κ3) is 4.26. The molecule has 1 unspecified atom stereocenters. The van der Waals surface area contributed by atoms with Crippen LogP contribution >= 0.6 is 39.0 Å². The summed E-state index contributed by atoms with van der Waals surface area (Å²) in [6.45, 7) is 2.12. The number of halogens is 1. The molecule has 0 aliphatic carbocycles. The second-order valence-corrected chi connectivity index (χ2v) is 7.16. The number of para-hydroxylation sites is 1. The lowest BCUT2D eigenvalue weighted by molar-refractivity contribution is -0.115. The van der Waals surface area contributed by atoms with Crippen molar-refractivity contribution >= 4 is 50.6 Å². The smallest absolute Gasteiger partial charge is 0.227 e. The molecule has 2 aromatic rings. The number of thioether (sulfide) groups is 1. The molecule has 1 heterocycles. The highest BCUT2D eigenvalue weighted by Gasteiger charge is 2.11. The zero-order chi connectivity index (χ0) is 14.5. The molecule has 0 spiro atoms. The van der Waals surface area contributed by atoms with Gasteiger partial charge in [-0.25, -0.2) is 0 Å². The number of amides is 1. The molecule has 0 aliphatic rings. The van der Waals surface area contributed by atoms with E-state index in [1.165, 1.54) is 16.6 Å². The average Bonchev–Trinajstić information content (AvgIpc) is 2.84. The first kappa shape index (κ1) is 15.4. The summed E-state index contributed by atoms with van der Waals surface area (Å²) in [6.07, 6.45) is 0. The lowest BCUT2D eigenvalue weighted by Crippen LogP contribution is -2.13. The molecule has 0 bridgehead atoms. The first-order valence-corrected chi connectivity index (χ1v) is 8.72. The number of benzene rings is 1. The third-order valence-electron chi connectivity index (χ3n) is 2.64. The third-order valence-corrected chi connectivity index (χ3v) is 5.62. The van der Waals surface area contributed by atoms with Crippen LogP contribution in [0.4, 0.5) is 5.69 Å². The molecule has 0 radical (unpaired) electrons. The molecule has 6 heteroatoms. The Morgan fingerprint density at radius 3 is 2.90 bits per heavy atom. The maximum Gasteiger partial charge on any atom is 0.227 e. The van der Waals surface area contributed by atoms with Crippen LogP contribution in [0.15, 0.2) is 45.1 Å². The molecular weight excluding hydrogens is 356 g/mol. The Balaban J connectivity index is 2.10. The van der Waals surface area contributed by atoms with E-state index >= 15 is 0 Å². The lowest BCUT2D eigenvalue weighted by atomic mass is 10.2. The van der Waals surface area contributed by atoms with Crippen molar-refractivity contribution in [2.24, 2.45) is 5.73 Å². The molecule has 0 saturated carbocycles. The van der Waals surface area contributed by atoms with E-state index in [2.05, 4.69) is 39.6 Å². The number of nitrogens with two attached hydrogens (primary N) is 1. The minimum absolute atomic E-state index is 0.210. The van der Waals surface area contributed by atoms with E-state index in [-0.39, 0.29) is 17.7 Å². The van der Waals surface area contributed by atoms with Crippen molar-refractivity contribution < 1.29 is 4.79 Å². The van der Waals surface area contributed by atoms with E-state index in [0.29, 0.717) is 0 Å². The summed E-state index contributed by atoms with van der Waals surface area (Å²) in [7, 11) is 0. The van der Waals surface area contributed by atoms with E-state index in [1.807, 2.05) is 24.3 Å². The van der Waals surface area contributed by atoms with Gasteiger partial charge in [-0.3, -0.25) is 4.79 Å². The van der Waals surface area contributed by atoms with E-state index in [9.17, 15) is 4.79 Å². The normalized spacial score (nSPS) is 12.1. The molecule has 3 N–H and O–H groups in total. The molecule has 0 aliphatic heterocycles. The van der Waals surface area contributed by atoms with Gasteiger partial charge in [0.15, 0.2) is 0 Å². The van der Waals surface area contributed by atoms with Crippen molar-refractivity contribution in [2.75, 3.05) is 11.1 Å². The Kier molecular flexibility index (Phi) is 5.51. The molecule has 1 aromatic heterocycles. The van der Waals surface area contributed by atoms with Crippen molar-refractivity contribution in [2.45, 2.75) is 17.9 Å². The van der Waals surface area contributed by atoms with Gasteiger partial charge in [0.05, 0.1) is 11.8 Å². The van der Waals surface area contributed by atoms with Gasteiger partial charge in [0, 0.05) is 25.3 Å². The molecule has 0 fully saturated rings. The largest absolute Gasteiger partial charge is 0.377 e. The standard InChI is InChI=1S/C14H15BrN2OS2/c1-9(13-6-10(15)7-19-13)17-11-4-2-3-5-12(11)20-8-14(16)18/h2-7,9,17H,8H2,1H3,(H2,16,18). The van der Waals surface area contributed by atoms with E-state index in [4.69, 9.17) is 5.73 Å². The van der Waals surface area contributed by atoms with Crippen molar-refractivity contribution in [1.82, 2.24) is 0 Å². The highest BCUT2D eigenvalue weighted by molar-refractivity contribution is 9.10. The number of carbonyl (C=O) groups is 1. The number of rotatable bonds is 6. The quantitative estimate of drug-likeness (QED) is 0.746. The molecule has 0 saturated heterocycles. The van der Waals surface area contributed by atoms with Gasteiger partial charge in [0.25, 0.3) is 0 Å². The number of anilines is 1. The van der Waals surface area contributed by atoms with Gasteiger partial charge in [0.2, 0.25) is 5.91 Å². The van der Waals surface area contributed by atoms with Crippen LogP contribution in [0.1, 0.15) is 17.8 Å². The Hall–Kier alpha value is -0.980. The fourth-order valence-electron chi connectivity index (χ4n) is 1.72. The number of carbonyl (C=O) groups excluding carboxylic acids is 1. The lowest BCUT2D eigenvalue weighted by Gasteiger charge is -2.16. The Morgan fingerprint density at radius 2 is 2.25 bits per heavy atom. The average molecular weight is 371 g/mol. The van der Waals surface area contributed by atoms with E-state index < -0.39 is 0 Å². The summed E-state index contributed by atoms with van der Waals surface area (Å²) in [5.74, 6) is -0.0162. The van der Waals surface area contributed by atoms with Crippen molar-refractivity contribution in [1.29, 1.82) is 0 Å². The van der Waals surface area contributed by atoms with Gasteiger partial charge in [-0.05, 0) is 41.1 Å². The van der Waals surface area contributed by atoms with Gasteiger partial charge in [-0.2, -0.15) is 0 Å². The van der Waals surface area contributed by atoms with E-state index in [1.54, 1.807) is 11.3 Å². The topological polar surface area (TPSA) is 55.1 Å². The van der Waals surface area contributed by atoms with Crippen LogP contribution < -0.4 is 11.1 Å². The summed E-state index contributed by atoms with van der Waals surface area (Å²) in [5.41, 5.74) is 6.23. The van der Waals surface area contributed by atoms with Crippen LogP contribution in [0.5, 0.6) is 0 Å². The second-order valence-electron chi connectivity index (χ2n) is 4.28. The fraction of sp³-hybridized carbons (Fsp3) is 0.214. The van der Waals surface area contributed by atoms with Gasteiger partial charge in [0.1, 0.15) is 0 Å². The first-order valence-electron chi connectivity index (χ1n) is 6.07. The van der Waals surface area contributed by atoms with Crippen LogP contribution in [0.2, 0.25) is 0 Å². The predicted octanol–water partition coefficient (Wildman–Crippen LogP) is 4.26. The summed E-state index contributed by atoms with van der Waals surface area (Å²) >= 11 is 6.63. The van der Waals surface area contributed by atoms with Crippen molar-refractivity contribution in [3.8, 4) is 0 Å². The highest BCUT2D eigenvalue weighted by Crippen LogP contribution is 2.32. The fourth-order valence-corrected chi connectivity index (χ4v) is 3.93. The highest BCUT2D eigenvalue weighted by atomic mass is 79.9.